The maximum atomic E-state index is 14.1. The zero-order chi connectivity index (χ0) is 22.3. The predicted octanol–water partition coefficient (Wildman–Crippen LogP) is 3.08. The van der Waals surface area contributed by atoms with Crippen LogP contribution in [0.25, 0.3) is 0 Å². The van der Waals surface area contributed by atoms with Gasteiger partial charge in [-0.2, -0.15) is 13.2 Å². The highest BCUT2D eigenvalue weighted by atomic mass is 19.4. The summed E-state index contributed by atoms with van der Waals surface area (Å²) >= 11 is 0. The molecule has 1 atom stereocenters. The number of carbonyl (C=O) groups is 2. The van der Waals surface area contributed by atoms with Gasteiger partial charge in [0.25, 0.3) is 11.8 Å². The number of nitrogens with one attached hydrogen (secondary N) is 1. The zero-order valence-corrected chi connectivity index (χ0v) is 15.7. The summed E-state index contributed by atoms with van der Waals surface area (Å²) in [6.45, 7) is 1.09. The number of benzene rings is 2. The molecule has 2 N–H and O–H groups in total. The number of nitrogens with zero attached hydrogens (tertiary/aromatic N) is 1. The molecular weight excluding hydrogens is 411 g/mol. The lowest BCUT2D eigenvalue weighted by Gasteiger charge is -2.22. The van der Waals surface area contributed by atoms with Gasteiger partial charge in [-0.1, -0.05) is 6.07 Å². The summed E-state index contributed by atoms with van der Waals surface area (Å²) in [7, 11) is 0. The van der Waals surface area contributed by atoms with E-state index >= 15 is 0 Å². The van der Waals surface area contributed by atoms with Gasteiger partial charge >= 0.3 is 6.18 Å². The van der Waals surface area contributed by atoms with E-state index in [9.17, 15) is 36.6 Å². The highest BCUT2D eigenvalue weighted by Crippen LogP contribution is 2.36. The smallest absolute Gasteiger partial charge is 0.372 e. The minimum atomic E-state index is -4.76. The molecule has 30 heavy (non-hydrogen) atoms. The van der Waals surface area contributed by atoms with Gasteiger partial charge in [-0.25, -0.2) is 8.78 Å². The number of amides is 2. The van der Waals surface area contributed by atoms with E-state index in [1.54, 1.807) is 13.0 Å². The van der Waals surface area contributed by atoms with Gasteiger partial charge < -0.3 is 15.3 Å². The van der Waals surface area contributed by atoms with Crippen molar-refractivity contribution in [1.29, 1.82) is 0 Å². The van der Waals surface area contributed by atoms with Crippen LogP contribution in [0.15, 0.2) is 36.4 Å². The van der Waals surface area contributed by atoms with Crippen molar-refractivity contribution in [3.05, 3.63) is 64.7 Å². The molecule has 1 heterocycles. The largest absolute Gasteiger partial charge is 0.416 e. The van der Waals surface area contributed by atoms with Crippen molar-refractivity contribution in [1.82, 2.24) is 5.32 Å². The van der Waals surface area contributed by atoms with E-state index in [0.29, 0.717) is 34.2 Å². The zero-order valence-electron chi connectivity index (χ0n) is 15.7. The van der Waals surface area contributed by atoms with E-state index < -0.39 is 52.9 Å². The van der Waals surface area contributed by atoms with E-state index in [1.807, 2.05) is 0 Å². The van der Waals surface area contributed by atoms with Crippen LogP contribution in [0, 0.1) is 18.6 Å². The number of halogens is 5. The second-order valence-electron chi connectivity index (χ2n) is 7.05. The quantitative estimate of drug-likeness (QED) is 0.581. The first-order chi connectivity index (χ1) is 13.9. The van der Waals surface area contributed by atoms with E-state index in [1.165, 1.54) is 6.07 Å². The van der Waals surface area contributed by atoms with Gasteiger partial charge in [0.2, 0.25) is 5.60 Å². The second-order valence-corrected chi connectivity index (χ2v) is 7.05. The third-order valence-corrected chi connectivity index (χ3v) is 4.79. The summed E-state index contributed by atoms with van der Waals surface area (Å²) < 4.78 is 66.3. The Hall–Kier alpha value is -3.01. The number of aryl methyl sites for hydroxylation is 1. The van der Waals surface area contributed by atoms with Gasteiger partial charge in [0.05, 0.1) is 11.3 Å². The number of anilines is 1. The van der Waals surface area contributed by atoms with E-state index in [2.05, 4.69) is 5.32 Å². The van der Waals surface area contributed by atoms with Gasteiger partial charge in [-0.05, 0) is 48.4 Å². The van der Waals surface area contributed by atoms with E-state index in [4.69, 9.17) is 0 Å². The van der Waals surface area contributed by atoms with Crippen molar-refractivity contribution >= 4 is 17.5 Å². The van der Waals surface area contributed by atoms with Crippen LogP contribution in [-0.4, -0.2) is 29.1 Å². The van der Waals surface area contributed by atoms with Gasteiger partial charge in [-0.3, -0.25) is 9.59 Å². The predicted molar refractivity (Wildman–Crippen MR) is 96.3 cm³/mol. The number of aliphatic hydroxyl groups is 1. The van der Waals surface area contributed by atoms with Crippen LogP contribution in [0.2, 0.25) is 0 Å². The summed E-state index contributed by atoms with van der Waals surface area (Å²) in [5, 5.41) is 12.9. The van der Waals surface area contributed by atoms with Crippen LogP contribution >= 0.6 is 0 Å². The van der Waals surface area contributed by atoms with Crippen LogP contribution in [0.1, 0.15) is 23.1 Å². The molecule has 160 valence electrons. The lowest BCUT2D eigenvalue weighted by molar-refractivity contribution is -0.149. The number of rotatable bonds is 4. The van der Waals surface area contributed by atoms with Crippen LogP contribution in [0.4, 0.5) is 27.6 Å². The molecule has 2 aromatic carbocycles. The molecule has 0 spiro atoms. The molecule has 0 radical (unpaired) electrons. The maximum Gasteiger partial charge on any atom is 0.416 e. The SMILES string of the molecule is Cc1cc(F)cc(CNC(=O)C2(O)CCN(c3cc(C(F)(F)F)ccc3F)C2=O)c1. The minimum absolute atomic E-state index is 0.190. The topological polar surface area (TPSA) is 69.6 Å². The van der Waals surface area contributed by atoms with Crippen molar-refractivity contribution in [2.45, 2.75) is 31.7 Å². The second kappa shape index (κ2) is 7.67. The molecule has 0 aromatic heterocycles. The molecule has 0 aliphatic carbocycles. The molecule has 1 fully saturated rings. The van der Waals surface area contributed by atoms with Gasteiger partial charge in [0.15, 0.2) is 0 Å². The minimum Gasteiger partial charge on any atom is -0.372 e. The molecule has 3 rings (SSSR count). The van der Waals surface area contributed by atoms with Crippen LogP contribution in [-0.2, 0) is 22.3 Å². The molecule has 2 amide bonds. The Bertz CT molecular complexity index is 988. The Morgan fingerprint density at radius 1 is 1.20 bits per heavy atom. The molecule has 0 saturated carbocycles. The number of hydrogen-bond donors (Lipinski definition) is 2. The summed E-state index contributed by atoms with van der Waals surface area (Å²) in [4.78, 5) is 25.6. The molecule has 2 aromatic rings. The average molecular weight is 428 g/mol. The third kappa shape index (κ3) is 4.13. The molecular formula is C20H17F5N2O3. The monoisotopic (exact) mass is 428 g/mol. The first-order valence-corrected chi connectivity index (χ1v) is 8.87. The third-order valence-electron chi connectivity index (χ3n) is 4.79. The number of alkyl halides is 3. The molecule has 0 bridgehead atoms. The number of hydrogen-bond acceptors (Lipinski definition) is 3. The fourth-order valence-electron chi connectivity index (χ4n) is 3.28. The Labute approximate surface area is 168 Å². The lowest BCUT2D eigenvalue weighted by atomic mass is 10.0. The highest BCUT2D eigenvalue weighted by Gasteiger charge is 2.52. The van der Waals surface area contributed by atoms with Crippen molar-refractivity contribution < 1.29 is 36.6 Å². The summed E-state index contributed by atoms with van der Waals surface area (Å²) in [6, 6.07) is 5.58. The highest BCUT2D eigenvalue weighted by molar-refractivity contribution is 6.16. The number of carbonyl (C=O) groups excluding carboxylic acids is 2. The summed E-state index contributed by atoms with van der Waals surface area (Å²) in [5.74, 6) is -3.98. The van der Waals surface area contributed by atoms with Gasteiger partial charge in [0.1, 0.15) is 11.6 Å². The van der Waals surface area contributed by atoms with Gasteiger partial charge in [-0.15, -0.1) is 0 Å². The Kier molecular flexibility index (Phi) is 5.55. The normalized spacial score (nSPS) is 19.3. The Morgan fingerprint density at radius 2 is 1.90 bits per heavy atom. The van der Waals surface area contributed by atoms with Crippen molar-refractivity contribution in [3.63, 3.8) is 0 Å². The molecule has 1 unspecified atom stereocenters. The van der Waals surface area contributed by atoms with Crippen molar-refractivity contribution in [2.24, 2.45) is 0 Å². The van der Waals surface area contributed by atoms with Crippen molar-refractivity contribution in [2.75, 3.05) is 11.4 Å². The summed E-state index contributed by atoms with van der Waals surface area (Å²) in [6.07, 6.45) is -5.21. The molecule has 5 nitrogen and oxygen atoms in total. The Balaban J connectivity index is 1.79. The van der Waals surface area contributed by atoms with Gasteiger partial charge in [0, 0.05) is 19.5 Å². The maximum absolute atomic E-state index is 14.1. The lowest BCUT2D eigenvalue weighted by Crippen LogP contribution is -2.52. The van der Waals surface area contributed by atoms with Crippen molar-refractivity contribution in [3.8, 4) is 0 Å². The fourth-order valence-corrected chi connectivity index (χ4v) is 3.28. The van der Waals surface area contributed by atoms with Crippen LogP contribution < -0.4 is 10.2 Å². The van der Waals surface area contributed by atoms with E-state index in [-0.39, 0.29) is 13.1 Å². The van der Waals surface area contributed by atoms with E-state index in [0.717, 1.165) is 6.07 Å². The molecule has 1 saturated heterocycles. The van der Waals surface area contributed by atoms with Crippen LogP contribution in [0.3, 0.4) is 0 Å². The molecule has 10 heteroatoms. The molecule has 1 aliphatic rings. The molecule has 1 aliphatic heterocycles. The fraction of sp³-hybridized carbons (Fsp3) is 0.300. The average Bonchev–Trinajstić information content (AvgIpc) is 2.94. The Morgan fingerprint density at radius 3 is 2.53 bits per heavy atom. The first-order valence-electron chi connectivity index (χ1n) is 8.87. The first kappa shape index (κ1) is 21.7. The standard InChI is InChI=1S/C20H17F5N2O3/c1-11-6-12(8-14(21)7-11)10-26-17(28)19(30)4-5-27(18(19)29)16-9-13(20(23,24)25)2-3-15(16)22/h2-3,6-9,30H,4-5,10H2,1H3,(H,26,28). The summed E-state index contributed by atoms with van der Waals surface area (Å²) in [5.41, 5.74) is -3.45. The van der Waals surface area contributed by atoms with Crippen LogP contribution in [0.5, 0.6) is 0 Å².